The minimum absolute atomic E-state index is 0.00126. The van der Waals surface area contributed by atoms with Crippen LogP contribution in [0.15, 0.2) is 48.5 Å². The number of rotatable bonds is 5. The Morgan fingerprint density at radius 3 is 2.46 bits per heavy atom. The predicted molar refractivity (Wildman–Crippen MR) is 87.4 cm³/mol. The van der Waals surface area contributed by atoms with E-state index in [1.54, 1.807) is 5.32 Å². The molecule has 26 heavy (non-hydrogen) atoms. The summed E-state index contributed by atoms with van der Waals surface area (Å²) in [4.78, 5) is 23.0. The molecular weight excluding hydrogens is 354 g/mol. The van der Waals surface area contributed by atoms with Crippen molar-refractivity contribution in [1.82, 2.24) is 0 Å². The molecule has 0 saturated heterocycles. The Labute approximate surface area is 146 Å². The van der Waals surface area contributed by atoms with Gasteiger partial charge in [0.05, 0.1) is 7.11 Å². The van der Waals surface area contributed by atoms with Gasteiger partial charge in [0.2, 0.25) is 0 Å². The van der Waals surface area contributed by atoms with Gasteiger partial charge in [-0.05, 0) is 42.0 Å². The first-order valence-corrected chi connectivity index (χ1v) is 7.25. The lowest BCUT2D eigenvalue weighted by Gasteiger charge is -2.08. The molecule has 0 unspecified atom stereocenters. The summed E-state index contributed by atoms with van der Waals surface area (Å²) >= 11 is 0. The molecule has 2 aromatic carbocycles. The summed E-state index contributed by atoms with van der Waals surface area (Å²) in [5.41, 5.74) is 0.394. The zero-order valence-electron chi connectivity index (χ0n) is 13.4. The van der Waals surface area contributed by atoms with E-state index in [0.717, 1.165) is 12.1 Å². The number of alkyl halides is 3. The Balaban J connectivity index is 2.13. The van der Waals surface area contributed by atoms with Gasteiger partial charge in [-0.15, -0.1) is 0 Å². The average molecular weight is 367 g/mol. The Kier molecular flexibility index (Phi) is 5.76. The second-order valence-electron chi connectivity index (χ2n) is 5.12. The van der Waals surface area contributed by atoms with Crippen LogP contribution in [0, 0.1) is 5.82 Å². The lowest BCUT2D eigenvalue weighted by atomic mass is 10.1. The first kappa shape index (κ1) is 19.2. The van der Waals surface area contributed by atoms with Gasteiger partial charge >= 0.3 is 12.1 Å². The Morgan fingerprint density at radius 2 is 1.85 bits per heavy atom. The van der Waals surface area contributed by atoms with E-state index in [9.17, 15) is 27.2 Å². The second kappa shape index (κ2) is 7.81. The average Bonchev–Trinajstić information content (AvgIpc) is 2.59. The molecule has 0 fully saturated rings. The van der Waals surface area contributed by atoms with Crippen LogP contribution in [0.5, 0.6) is 5.75 Å². The maximum absolute atomic E-state index is 13.6. The fraction of sp³-hybridized carbons (Fsp3) is 0.111. The molecule has 2 aromatic rings. The number of hydrogen-bond acceptors (Lipinski definition) is 3. The molecule has 0 aliphatic carbocycles. The highest BCUT2D eigenvalue weighted by atomic mass is 19.4. The van der Waals surface area contributed by atoms with Gasteiger partial charge in [-0.25, -0.2) is 4.39 Å². The highest BCUT2D eigenvalue weighted by molar-refractivity contribution is 6.07. The number of benzene rings is 2. The minimum Gasteiger partial charge on any atom is -0.494 e. The monoisotopic (exact) mass is 367 g/mol. The van der Waals surface area contributed by atoms with Crippen molar-refractivity contribution in [1.29, 1.82) is 0 Å². The number of halogens is 4. The van der Waals surface area contributed by atoms with E-state index < -0.39 is 23.7 Å². The molecule has 0 heterocycles. The largest absolute Gasteiger partial charge is 0.494 e. The van der Waals surface area contributed by atoms with Crippen molar-refractivity contribution in [3.05, 3.63) is 65.5 Å². The van der Waals surface area contributed by atoms with Crippen LogP contribution in [-0.2, 0) is 4.79 Å². The number of nitrogens with one attached hydrogen (secondary N) is 1. The van der Waals surface area contributed by atoms with Gasteiger partial charge in [0.15, 0.2) is 17.3 Å². The number of ether oxygens (including phenoxy) is 1. The van der Waals surface area contributed by atoms with E-state index in [1.165, 1.54) is 49.6 Å². The van der Waals surface area contributed by atoms with E-state index in [0.29, 0.717) is 5.56 Å². The zero-order valence-corrected chi connectivity index (χ0v) is 13.4. The molecule has 8 heteroatoms. The highest BCUT2D eigenvalue weighted by Gasteiger charge is 2.38. The van der Waals surface area contributed by atoms with Gasteiger partial charge in [-0.3, -0.25) is 9.59 Å². The summed E-state index contributed by atoms with van der Waals surface area (Å²) in [6.45, 7) is 0. The summed E-state index contributed by atoms with van der Waals surface area (Å²) in [5, 5.41) is 1.72. The summed E-state index contributed by atoms with van der Waals surface area (Å²) < 4.78 is 55.1. The third-order valence-electron chi connectivity index (χ3n) is 3.27. The third-order valence-corrected chi connectivity index (χ3v) is 3.27. The molecule has 0 bridgehead atoms. The number of ketones is 1. The molecule has 0 aliphatic rings. The van der Waals surface area contributed by atoms with Crippen LogP contribution in [0.2, 0.25) is 0 Å². The van der Waals surface area contributed by atoms with Crippen molar-refractivity contribution in [3.63, 3.8) is 0 Å². The van der Waals surface area contributed by atoms with E-state index in [4.69, 9.17) is 4.74 Å². The number of carbonyl (C=O) groups is 2. The molecule has 2 rings (SSSR count). The summed E-state index contributed by atoms with van der Waals surface area (Å²) in [7, 11) is 1.30. The Morgan fingerprint density at radius 1 is 1.12 bits per heavy atom. The fourth-order valence-corrected chi connectivity index (χ4v) is 2.01. The molecule has 0 aromatic heterocycles. The van der Waals surface area contributed by atoms with Crippen LogP contribution in [0.4, 0.5) is 23.2 Å². The molecule has 0 saturated carbocycles. The first-order valence-electron chi connectivity index (χ1n) is 7.25. The van der Waals surface area contributed by atoms with E-state index in [1.807, 2.05) is 0 Å². The van der Waals surface area contributed by atoms with Crippen molar-refractivity contribution in [2.45, 2.75) is 6.18 Å². The maximum Gasteiger partial charge on any atom is 0.471 e. The number of methoxy groups -OCH3 is 1. The first-order chi connectivity index (χ1) is 12.2. The number of anilines is 1. The summed E-state index contributed by atoms with van der Waals surface area (Å²) in [6.07, 6.45) is -2.51. The van der Waals surface area contributed by atoms with Gasteiger partial charge in [0.1, 0.15) is 0 Å². The predicted octanol–water partition coefficient (Wildman–Crippen LogP) is 4.23. The van der Waals surface area contributed by atoms with Gasteiger partial charge in [0.25, 0.3) is 0 Å². The van der Waals surface area contributed by atoms with Crippen LogP contribution in [0.3, 0.4) is 0 Å². The maximum atomic E-state index is 13.6. The van der Waals surface area contributed by atoms with Crippen LogP contribution in [0.25, 0.3) is 6.08 Å². The number of hydrogen-bond donors (Lipinski definition) is 1. The standard InChI is InChI=1S/C18H13F4NO3/c1-26-16-8-6-12(10-14(16)19)15(24)7-5-11-3-2-4-13(9-11)23-17(25)18(20,21)22/h2-10H,1H3,(H,23,25)/b7-5+. The summed E-state index contributed by atoms with van der Waals surface area (Å²) in [6, 6.07) is 9.21. The smallest absolute Gasteiger partial charge is 0.471 e. The molecule has 0 spiro atoms. The molecule has 136 valence electrons. The van der Waals surface area contributed by atoms with Crippen LogP contribution in [-0.4, -0.2) is 25.0 Å². The minimum atomic E-state index is -5.00. The normalized spacial score (nSPS) is 11.4. The topological polar surface area (TPSA) is 55.4 Å². The molecule has 4 nitrogen and oxygen atoms in total. The van der Waals surface area contributed by atoms with Gasteiger partial charge in [-0.1, -0.05) is 18.2 Å². The van der Waals surface area contributed by atoms with Crippen molar-refractivity contribution in [2.75, 3.05) is 12.4 Å². The van der Waals surface area contributed by atoms with Gasteiger partial charge < -0.3 is 10.1 Å². The van der Waals surface area contributed by atoms with Crippen LogP contribution >= 0.6 is 0 Å². The summed E-state index contributed by atoms with van der Waals surface area (Å²) in [5.74, 6) is -3.29. The van der Waals surface area contributed by atoms with Crippen LogP contribution in [0.1, 0.15) is 15.9 Å². The third kappa shape index (κ3) is 4.92. The Hall–Kier alpha value is -3.16. The molecule has 1 amide bonds. The number of amides is 1. The lowest BCUT2D eigenvalue weighted by molar-refractivity contribution is -0.167. The van der Waals surface area contributed by atoms with Crippen molar-refractivity contribution >= 4 is 23.5 Å². The van der Waals surface area contributed by atoms with E-state index >= 15 is 0 Å². The van der Waals surface area contributed by atoms with Crippen molar-refractivity contribution < 1.29 is 31.9 Å². The molecule has 1 N–H and O–H groups in total. The molecular formula is C18H13F4NO3. The Bertz CT molecular complexity index is 860. The van der Waals surface area contributed by atoms with E-state index in [-0.39, 0.29) is 17.0 Å². The van der Waals surface area contributed by atoms with Crippen molar-refractivity contribution in [3.8, 4) is 5.75 Å². The lowest BCUT2D eigenvalue weighted by Crippen LogP contribution is -2.29. The number of carbonyl (C=O) groups excluding carboxylic acids is 2. The molecule has 0 atom stereocenters. The fourth-order valence-electron chi connectivity index (χ4n) is 2.01. The SMILES string of the molecule is COc1ccc(C(=O)/C=C/c2cccc(NC(=O)C(F)(F)F)c2)cc1F. The van der Waals surface area contributed by atoms with Gasteiger partial charge in [0, 0.05) is 11.3 Å². The van der Waals surface area contributed by atoms with E-state index in [2.05, 4.69) is 0 Å². The molecule has 0 radical (unpaired) electrons. The zero-order chi connectivity index (χ0) is 19.3. The highest BCUT2D eigenvalue weighted by Crippen LogP contribution is 2.20. The van der Waals surface area contributed by atoms with Crippen LogP contribution < -0.4 is 10.1 Å². The van der Waals surface area contributed by atoms with Crippen molar-refractivity contribution in [2.24, 2.45) is 0 Å². The number of allylic oxidation sites excluding steroid dienone is 1. The van der Waals surface area contributed by atoms with Gasteiger partial charge in [-0.2, -0.15) is 13.2 Å². The molecule has 0 aliphatic heterocycles. The quantitative estimate of drug-likeness (QED) is 0.489. The second-order valence-corrected chi connectivity index (χ2v) is 5.12.